The largest absolute Gasteiger partial charge is 0.375 e. The standard InChI is InChI=1S/C22H31N3O3.ClH/c1-16-20(23-11-14-28-16)22(27)24-12-9-18(10-13-24)21(26)25(19-7-8-19)15-17-5-3-2-4-6-17;/h2-6,16,18-20,23H,7-15H2,1H3;1H/t16-,20+;/m1./s1. The van der Waals surface area contributed by atoms with Gasteiger partial charge in [0.1, 0.15) is 6.04 Å². The molecule has 7 heteroatoms. The predicted molar refractivity (Wildman–Crippen MR) is 114 cm³/mol. The van der Waals surface area contributed by atoms with Gasteiger partial charge in [-0.3, -0.25) is 9.59 Å². The van der Waals surface area contributed by atoms with Crippen LogP contribution >= 0.6 is 12.4 Å². The van der Waals surface area contributed by atoms with Gasteiger partial charge in [0.05, 0.1) is 12.7 Å². The second-order valence-electron chi connectivity index (χ2n) is 8.29. The maximum absolute atomic E-state index is 13.2. The van der Waals surface area contributed by atoms with E-state index in [1.54, 1.807) is 0 Å². The summed E-state index contributed by atoms with van der Waals surface area (Å²) in [6, 6.07) is 10.4. The minimum absolute atomic E-state index is 0. The zero-order valence-electron chi connectivity index (χ0n) is 17.1. The van der Waals surface area contributed by atoms with Crippen molar-refractivity contribution >= 4 is 24.2 Å². The molecule has 3 aliphatic rings. The molecule has 1 aromatic carbocycles. The maximum atomic E-state index is 13.2. The van der Waals surface area contributed by atoms with Crippen LogP contribution in [-0.2, 0) is 20.9 Å². The minimum Gasteiger partial charge on any atom is -0.375 e. The normalized spacial score (nSPS) is 25.2. The van der Waals surface area contributed by atoms with Crippen molar-refractivity contribution in [1.82, 2.24) is 15.1 Å². The maximum Gasteiger partial charge on any atom is 0.242 e. The number of likely N-dealkylation sites (tertiary alicyclic amines) is 1. The molecule has 1 saturated carbocycles. The lowest BCUT2D eigenvalue weighted by atomic mass is 9.94. The fourth-order valence-electron chi connectivity index (χ4n) is 4.34. The summed E-state index contributed by atoms with van der Waals surface area (Å²) in [6.45, 7) is 5.33. The summed E-state index contributed by atoms with van der Waals surface area (Å²) in [7, 11) is 0. The van der Waals surface area contributed by atoms with Crippen LogP contribution in [-0.4, -0.2) is 66.0 Å². The third-order valence-electron chi connectivity index (χ3n) is 6.20. The van der Waals surface area contributed by atoms with Crippen LogP contribution in [0.25, 0.3) is 0 Å². The Labute approximate surface area is 179 Å². The third kappa shape index (κ3) is 5.30. The number of benzene rings is 1. The van der Waals surface area contributed by atoms with Gasteiger partial charge in [0.15, 0.2) is 0 Å². The van der Waals surface area contributed by atoms with E-state index in [0.717, 1.165) is 25.7 Å². The highest BCUT2D eigenvalue weighted by Gasteiger charge is 2.39. The Morgan fingerprint density at radius 2 is 1.83 bits per heavy atom. The minimum atomic E-state index is -0.262. The molecule has 2 atom stereocenters. The van der Waals surface area contributed by atoms with Gasteiger partial charge in [-0.2, -0.15) is 0 Å². The Morgan fingerprint density at radius 3 is 2.45 bits per heavy atom. The van der Waals surface area contributed by atoms with E-state index in [2.05, 4.69) is 22.3 Å². The van der Waals surface area contributed by atoms with E-state index in [-0.39, 0.29) is 42.3 Å². The summed E-state index contributed by atoms with van der Waals surface area (Å²) >= 11 is 0. The summed E-state index contributed by atoms with van der Waals surface area (Å²) in [5.41, 5.74) is 1.19. The van der Waals surface area contributed by atoms with Crippen LogP contribution in [0.1, 0.15) is 38.2 Å². The van der Waals surface area contributed by atoms with Crippen molar-refractivity contribution in [2.75, 3.05) is 26.2 Å². The van der Waals surface area contributed by atoms with Crippen molar-refractivity contribution in [3.63, 3.8) is 0 Å². The van der Waals surface area contributed by atoms with Gasteiger partial charge in [0.2, 0.25) is 11.8 Å². The summed E-state index contributed by atoms with van der Waals surface area (Å²) in [6.07, 6.45) is 3.63. The lowest BCUT2D eigenvalue weighted by Gasteiger charge is -2.38. The number of halogens is 1. The quantitative estimate of drug-likeness (QED) is 0.791. The highest BCUT2D eigenvalue weighted by Crippen LogP contribution is 2.32. The smallest absolute Gasteiger partial charge is 0.242 e. The van der Waals surface area contributed by atoms with Crippen molar-refractivity contribution in [3.05, 3.63) is 35.9 Å². The highest BCUT2D eigenvalue weighted by atomic mass is 35.5. The Hall–Kier alpha value is -1.63. The lowest BCUT2D eigenvalue weighted by Crippen LogP contribution is -2.58. The number of rotatable bonds is 5. The number of carbonyl (C=O) groups excluding carboxylic acids is 2. The summed E-state index contributed by atoms with van der Waals surface area (Å²) in [5, 5.41) is 3.28. The number of ether oxygens (including phenoxy) is 1. The summed E-state index contributed by atoms with van der Waals surface area (Å²) in [5.74, 6) is 0.411. The Morgan fingerprint density at radius 1 is 1.14 bits per heavy atom. The van der Waals surface area contributed by atoms with Gasteiger partial charge in [0.25, 0.3) is 0 Å². The number of carbonyl (C=O) groups is 2. The first kappa shape index (κ1) is 22.1. The van der Waals surface area contributed by atoms with Gasteiger partial charge in [0, 0.05) is 38.1 Å². The fraction of sp³-hybridized carbons (Fsp3) is 0.636. The number of nitrogens with one attached hydrogen (secondary N) is 1. The number of piperidine rings is 1. The van der Waals surface area contributed by atoms with Crippen LogP contribution in [0.5, 0.6) is 0 Å². The first-order chi connectivity index (χ1) is 13.6. The number of nitrogens with zero attached hydrogens (tertiary/aromatic N) is 2. The molecular formula is C22H32ClN3O3. The van der Waals surface area contributed by atoms with E-state index in [1.165, 1.54) is 5.56 Å². The van der Waals surface area contributed by atoms with E-state index in [0.29, 0.717) is 38.8 Å². The average molecular weight is 422 g/mol. The van der Waals surface area contributed by atoms with Gasteiger partial charge in [-0.15, -0.1) is 12.4 Å². The molecule has 4 rings (SSSR count). The Bertz CT molecular complexity index is 690. The molecular weight excluding hydrogens is 390 g/mol. The number of hydrogen-bond acceptors (Lipinski definition) is 4. The topological polar surface area (TPSA) is 61.9 Å². The van der Waals surface area contributed by atoms with Crippen LogP contribution in [0.3, 0.4) is 0 Å². The van der Waals surface area contributed by atoms with E-state index in [9.17, 15) is 9.59 Å². The van der Waals surface area contributed by atoms with E-state index < -0.39 is 0 Å². The van der Waals surface area contributed by atoms with Crippen molar-refractivity contribution < 1.29 is 14.3 Å². The molecule has 29 heavy (non-hydrogen) atoms. The van der Waals surface area contributed by atoms with Crippen LogP contribution in [0.2, 0.25) is 0 Å². The summed E-state index contributed by atoms with van der Waals surface area (Å²) < 4.78 is 5.61. The van der Waals surface area contributed by atoms with Crippen molar-refractivity contribution in [1.29, 1.82) is 0 Å². The first-order valence-corrected chi connectivity index (χ1v) is 10.6. The molecule has 2 amide bonds. The SMILES string of the molecule is C[C@H]1OCCN[C@@H]1C(=O)N1CCC(C(=O)N(Cc2ccccc2)C2CC2)CC1.Cl. The van der Waals surface area contributed by atoms with E-state index in [1.807, 2.05) is 30.0 Å². The zero-order chi connectivity index (χ0) is 19.5. The van der Waals surface area contributed by atoms with Crippen LogP contribution in [0, 0.1) is 5.92 Å². The number of morpholine rings is 1. The molecule has 0 aromatic heterocycles. The molecule has 2 aliphatic heterocycles. The molecule has 0 spiro atoms. The van der Waals surface area contributed by atoms with Crippen LogP contribution in [0.4, 0.5) is 0 Å². The molecule has 2 heterocycles. The van der Waals surface area contributed by atoms with Gasteiger partial charge < -0.3 is 19.9 Å². The van der Waals surface area contributed by atoms with Crippen molar-refractivity contribution in [3.8, 4) is 0 Å². The van der Waals surface area contributed by atoms with Gasteiger partial charge in [-0.25, -0.2) is 0 Å². The second kappa shape index (κ2) is 9.92. The fourth-order valence-corrected chi connectivity index (χ4v) is 4.34. The predicted octanol–water partition coefficient (Wildman–Crippen LogP) is 2.21. The van der Waals surface area contributed by atoms with Crippen LogP contribution < -0.4 is 5.32 Å². The molecule has 0 bridgehead atoms. The molecule has 0 unspecified atom stereocenters. The van der Waals surface area contributed by atoms with Crippen molar-refractivity contribution in [2.24, 2.45) is 5.92 Å². The molecule has 2 saturated heterocycles. The Kier molecular flexibility index (Phi) is 7.55. The molecule has 1 aromatic rings. The van der Waals surface area contributed by atoms with E-state index in [4.69, 9.17) is 4.74 Å². The van der Waals surface area contributed by atoms with E-state index >= 15 is 0 Å². The van der Waals surface area contributed by atoms with Gasteiger partial charge in [-0.1, -0.05) is 30.3 Å². The van der Waals surface area contributed by atoms with Gasteiger partial charge >= 0.3 is 0 Å². The second-order valence-corrected chi connectivity index (χ2v) is 8.29. The zero-order valence-corrected chi connectivity index (χ0v) is 17.9. The van der Waals surface area contributed by atoms with Gasteiger partial charge in [-0.05, 0) is 38.2 Å². The average Bonchev–Trinajstić information content (AvgIpc) is 3.57. The first-order valence-electron chi connectivity index (χ1n) is 10.6. The monoisotopic (exact) mass is 421 g/mol. The van der Waals surface area contributed by atoms with Crippen molar-refractivity contribution in [2.45, 2.75) is 57.3 Å². The Balaban J connectivity index is 0.00000240. The number of amides is 2. The molecule has 1 aliphatic carbocycles. The molecule has 160 valence electrons. The third-order valence-corrected chi connectivity index (χ3v) is 6.20. The highest BCUT2D eigenvalue weighted by molar-refractivity contribution is 5.85. The summed E-state index contributed by atoms with van der Waals surface area (Å²) in [4.78, 5) is 30.0. The lowest BCUT2D eigenvalue weighted by molar-refractivity contribution is -0.145. The molecule has 0 radical (unpaired) electrons. The molecule has 6 nitrogen and oxygen atoms in total. The van der Waals surface area contributed by atoms with Crippen LogP contribution in [0.15, 0.2) is 30.3 Å². The molecule has 1 N–H and O–H groups in total. The number of hydrogen-bond donors (Lipinski definition) is 1. The molecule has 3 fully saturated rings.